The molecule has 5 nitrogen and oxygen atoms in total. The number of carbonyl (C=O) groups is 1. The Hall–Kier alpha value is -2.08. The Morgan fingerprint density at radius 3 is 2.89 bits per heavy atom. The number of nitrogen functional groups attached to an aromatic ring is 1. The van der Waals surface area contributed by atoms with E-state index in [1.807, 2.05) is 5.38 Å². The third-order valence-corrected chi connectivity index (χ3v) is 3.31. The summed E-state index contributed by atoms with van der Waals surface area (Å²) in [4.78, 5) is 15.2. The Morgan fingerprint density at radius 2 is 2.28 bits per heavy atom. The first-order chi connectivity index (χ1) is 8.66. The van der Waals surface area contributed by atoms with Gasteiger partial charge < -0.3 is 16.8 Å². The van der Waals surface area contributed by atoms with Gasteiger partial charge in [-0.05, 0) is 18.2 Å². The van der Waals surface area contributed by atoms with Gasteiger partial charge in [-0.3, -0.25) is 4.79 Å². The Labute approximate surface area is 109 Å². The summed E-state index contributed by atoms with van der Waals surface area (Å²) in [5.41, 5.74) is 12.7. The molecule has 0 unspecified atom stereocenters. The minimum atomic E-state index is -0.476. The smallest absolute Gasteiger partial charge is 0.248 e. The molecule has 2 rings (SSSR count). The molecule has 0 aliphatic heterocycles. The zero-order chi connectivity index (χ0) is 13.0. The molecule has 18 heavy (non-hydrogen) atoms. The van der Waals surface area contributed by atoms with Crippen LogP contribution >= 0.6 is 11.3 Å². The fourth-order valence-corrected chi connectivity index (χ4v) is 2.18. The molecule has 1 heterocycles. The fourth-order valence-electron chi connectivity index (χ4n) is 1.56. The molecule has 0 spiro atoms. The molecule has 0 fully saturated rings. The van der Waals surface area contributed by atoms with Crippen LogP contribution in [0.4, 0.5) is 11.4 Å². The second kappa shape index (κ2) is 5.50. The molecule has 0 saturated carbocycles. The van der Waals surface area contributed by atoms with Crippen molar-refractivity contribution >= 4 is 28.6 Å². The van der Waals surface area contributed by atoms with Gasteiger partial charge in [0, 0.05) is 30.1 Å². The number of nitrogens with one attached hydrogen (secondary N) is 1. The molecule has 94 valence electrons. The van der Waals surface area contributed by atoms with Crippen LogP contribution in [-0.2, 0) is 6.42 Å². The van der Waals surface area contributed by atoms with Gasteiger partial charge >= 0.3 is 0 Å². The molecule has 6 heteroatoms. The highest BCUT2D eigenvalue weighted by molar-refractivity contribution is 7.09. The van der Waals surface area contributed by atoms with Crippen LogP contribution in [0.5, 0.6) is 0 Å². The third kappa shape index (κ3) is 2.98. The van der Waals surface area contributed by atoms with Crippen molar-refractivity contribution in [3.05, 3.63) is 40.3 Å². The van der Waals surface area contributed by atoms with Crippen LogP contribution < -0.4 is 16.8 Å². The number of carbonyl (C=O) groups excluding carboxylic acids is 1. The lowest BCUT2D eigenvalue weighted by Crippen LogP contribution is -2.12. The number of aromatic nitrogens is 1. The predicted molar refractivity (Wildman–Crippen MR) is 73.7 cm³/mol. The standard InChI is InChI=1S/C12H14N4OS/c13-9-7-8(12(14)17)1-2-10(9)15-4-3-11-16-5-6-18-11/h1-2,5-7,15H,3-4,13H2,(H2,14,17). The van der Waals surface area contributed by atoms with Gasteiger partial charge in [-0.15, -0.1) is 11.3 Å². The maximum atomic E-state index is 11.0. The van der Waals surface area contributed by atoms with Gasteiger partial charge in [-0.25, -0.2) is 4.98 Å². The molecule has 0 aliphatic rings. The number of nitrogens with zero attached hydrogens (tertiary/aromatic N) is 1. The van der Waals surface area contributed by atoms with E-state index in [0.29, 0.717) is 11.3 Å². The van der Waals surface area contributed by atoms with E-state index in [2.05, 4.69) is 10.3 Å². The van der Waals surface area contributed by atoms with Crippen molar-refractivity contribution in [3.8, 4) is 0 Å². The summed E-state index contributed by atoms with van der Waals surface area (Å²) in [6.45, 7) is 0.744. The predicted octanol–water partition coefficient (Wildman–Crippen LogP) is 1.48. The summed E-state index contributed by atoms with van der Waals surface area (Å²) in [5.74, 6) is -0.476. The highest BCUT2D eigenvalue weighted by atomic mass is 32.1. The number of hydrogen-bond donors (Lipinski definition) is 3. The van der Waals surface area contributed by atoms with Crippen LogP contribution in [0.2, 0.25) is 0 Å². The molecule has 0 bridgehead atoms. The number of primary amides is 1. The minimum absolute atomic E-state index is 0.415. The number of thiazole rings is 1. The molecule has 0 aliphatic carbocycles. The van der Waals surface area contributed by atoms with Crippen molar-refractivity contribution in [3.63, 3.8) is 0 Å². The van der Waals surface area contributed by atoms with Crippen LogP contribution in [0, 0.1) is 0 Å². The highest BCUT2D eigenvalue weighted by Crippen LogP contribution is 2.19. The van der Waals surface area contributed by atoms with Gasteiger partial charge in [0.25, 0.3) is 0 Å². The average molecular weight is 262 g/mol. The van der Waals surface area contributed by atoms with E-state index in [1.165, 1.54) is 0 Å². The SMILES string of the molecule is NC(=O)c1ccc(NCCc2nccs2)c(N)c1. The summed E-state index contributed by atoms with van der Waals surface area (Å²) in [5, 5.41) is 6.24. The summed E-state index contributed by atoms with van der Waals surface area (Å²) >= 11 is 1.63. The van der Waals surface area contributed by atoms with Crippen molar-refractivity contribution in [1.29, 1.82) is 0 Å². The summed E-state index contributed by atoms with van der Waals surface area (Å²) in [7, 11) is 0. The van der Waals surface area contributed by atoms with Crippen LogP contribution in [-0.4, -0.2) is 17.4 Å². The molecule has 5 N–H and O–H groups in total. The fraction of sp³-hybridized carbons (Fsp3) is 0.167. The molecular weight excluding hydrogens is 248 g/mol. The highest BCUT2D eigenvalue weighted by Gasteiger charge is 2.04. The Bertz CT molecular complexity index is 539. The van der Waals surface area contributed by atoms with Crippen molar-refractivity contribution < 1.29 is 4.79 Å². The largest absolute Gasteiger partial charge is 0.397 e. The second-order valence-corrected chi connectivity index (χ2v) is 4.75. The van der Waals surface area contributed by atoms with Crippen molar-refractivity contribution in [2.24, 2.45) is 5.73 Å². The van der Waals surface area contributed by atoms with E-state index in [-0.39, 0.29) is 0 Å². The van der Waals surface area contributed by atoms with Crippen molar-refractivity contribution in [1.82, 2.24) is 4.98 Å². The lowest BCUT2D eigenvalue weighted by molar-refractivity contribution is 0.100. The Balaban J connectivity index is 1.95. The van der Waals surface area contributed by atoms with E-state index in [4.69, 9.17) is 11.5 Å². The van der Waals surface area contributed by atoms with Gasteiger partial charge in [-0.1, -0.05) is 0 Å². The van der Waals surface area contributed by atoms with Gasteiger partial charge in [0.15, 0.2) is 0 Å². The van der Waals surface area contributed by atoms with Crippen molar-refractivity contribution in [2.75, 3.05) is 17.6 Å². The van der Waals surface area contributed by atoms with E-state index in [0.717, 1.165) is 23.7 Å². The van der Waals surface area contributed by atoms with Gasteiger partial charge in [0.1, 0.15) is 0 Å². The quantitative estimate of drug-likeness (QED) is 0.711. The van der Waals surface area contributed by atoms with Crippen LogP contribution in [0.25, 0.3) is 0 Å². The number of amides is 1. The normalized spacial score (nSPS) is 10.2. The Kier molecular flexibility index (Phi) is 3.78. The maximum absolute atomic E-state index is 11.0. The molecular formula is C12H14N4OS. The van der Waals surface area contributed by atoms with Crippen LogP contribution in [0.1, 0.15) is 15.4 Å². The number of anilines is 2. The second-order valence-electron chi connectivity index (χ2n) is 3.77. The molecule has 1 amide bonds. The van der Waals surface area contributed by atoms with Crippen LogP contribution in [0.15, 0.2) is 29.8 Å². The first-order valence-electron chi connectivity index (χ1n) is 5.48. The van der Waals surface area contributed by atoms with E-state index in [1.54, 1.807) is 35.7 Å². The summed E-state index contributed by atoms with van der Waals surface area (Å²) < 4.78 is 0. The van der Waals surface area contributed by atoms with Gasteiger partial charge in [0.2, 0.25) is 5.91 Å². The molecule has 1 aromatic heterocycles. The molecule has 0 radical (unpaired) electrons. The number of nitrogens with two attached hydrogens (primary N) is 2. The topological polar surface area (TPSA) is 94.0 Å². The number of hydrogen-bond acceptors (Lipinski definition) is 5. The summed E-state index contributed by atoms with van der Waals surface area (Å²) in [6.07, 6.45) is 2.63. The minimum Gasteiger partial charge on any atom is -0.397 e. The lowest BCUT2D eigenvalue weighted by atomic mass is 10.1. The van der Waals surface area contributed by atoms with E-state index >= 15 is 0 Å². The monoisotopic (exact) mass is 262 g/mol. The first kappa shape index (κ1) is 12.4. The molecule has 2 aromatic rings. The lowest BCUT2D eigenvalue weighted by Gasteiger charge is -2.09. The number of benzene rings is 1. The molecule has 1 aromatic carbocycles. The Morgan fingerprint density at radius 1 is 1.44 bits per heavy atom. The third-order valence-electron chi connectivity index (χ3n) is 2.47. The maximum Gasteiger partial charge on any atom is 0.248 e. The zero-order valence-corrected chi connectivity index (χ0v) is 10.5. The molecule has 0 atom stereocenters. The van der Waals surface area contributed by atoms with E-state index < -0.39 is 5.91 Å². The molecule has 0 saturated heterocycles. The van der Waals surface area contributed by atoms with Crippen LogP contribution in [0.3, 0.4) is 0 Å². The average Bonchev–Trinajstić information content (AvgIpc) is 2.84. The number of rotatable bonds is 5. The van der Waals surface area contributed by atoms with Gasteiger partial charge in [-0.2, -0.15) is 0 Å². The summed E-state index contributed by atoms with van der Waals surface area (Å²) in [6, 6.07) is 5.00. The first-order valence-corrected chi connectivity index (χ1v) is 6.36. The zero-order valence-electron chi connectivity index (χ0n) is 9.72. The van der Waals surface area contributed by atoms with Gasteiger partial charge in [0.05, 0.1) is 16.4 Å². The van der Waals surface area contributed by atoms with E-state index in [9.17, 15) is 4.79 Å². The van der Waals surface area contributed by atoms with Crippen molar-refractivity contribution in [2.45, 2.75) is 6.42 Å².